The number of amidine groups is 1. The Morgan fingerprint density at radius 1 is 1.13 bits per heavy atom. The van der Waals surface area contributed by atoms with Gasteiger partial charge >= 0.3 is 17.6 Å². The minimum Gasteiger partial charge on any atom is -0.766 e. The molecule has 1 aromatic rings. The number of likely N-dealkylation sites (N-methyl/N-ethyl adjacent to an activating group) is 1. The number of hydrogen-bond donors (Lipinski definition) is 0. The molecule has 1 aromatic carbocycles. The van der Waals surface area contributed by atoms with Crippen LogP contribution in [0.25, 0.3) is 0 Å². The number of alkyl halides is 2. The molecule has 1 amide bonds. The Balaban J connectivity index is 1.19. The number of rotatable bonds is 5. The lowest BCUT2D eigenvalue weighted by Crippen LogP contribution is -2.52. The average Bonchev–Trinajstić information content (AvgIpc) is 3.21. The molecule has 4 aliphatic heterocycles. The Morgan fingerprint density at radius 3 is 2.49 bits per heavy atom. The second-order valence-corrected chi connectivity index (χ2v) is 12.2. The van der Waals surface area contributed by atoms with Crippen molar-refractivity contribution in [3.8, 4) is 0 Å². The first-order valence-corrected chi connectivity index (χ1v) is 14.1. The molecule has 1 saturated carbocycles. The van der Waals surface area contributed by atoms with E-state index in [1.165, 1.54) is 7.05 Å². The van der Waals surface area contributed by atoms with Crippen molar-refractivity contribution in [2.24, 2.45) is 5.92 Å². The predicted molar refractivity (Wildman–Crippen MR) is 145 cm³/mol. The number of hydrogen-bond acceptors (Lipinski definition) is 9. The summed E-state index contributed by atoms with van der Waals surface area (Å²) in [6.45, 7) is 3.98. The summed E-state index contributed by atoms with van der Waals surface area (Å²) in [6.07, 6.45) is 6.97. The molecule has 13 heteroatoms. The number of anilines is 2. The van der Waals surface area contributed by atoms with Gasteiger partial charge in [0.2, 0.25) is 0 Å². The zero-order valence-corrected chi connectivity index (χ0v) is 22.7. The third-order valence-corrected chi connectivity index (χ3v) is 9.60. The summed E-state index contributed by atoms with van der Waals surface area (Å²) < 4.78 is 55.4. The van der Waals surface area contributed by atoms with Crippen LogP contribution in [-0.4, -0.2) is 94.0 Å². The Kier molecular flexibility index (Phi) is 6.01. The van der Waals surface area contributed by atoms with Crippen LogP contribution in [-0.2, 0) is 4.79 Å². The molecule has 4 heterocycles. The van der Waals surface area contributed by atoms with Gasteiger partial charge in [-0.3, -0.25) is 9.69 Å². The van der Waals surface area contributed by atoms with E-state index in [0.29, 0.717) is 49.1 Å². The second kappa shape index (κ2) is 9.07. The molecule has 0 N–H and O–H groups in total. The first kappa shape index (κ1) is 25.8. The molecule has 1 atom stereocenters. The zero-order chi connectivity index (χ0) is 27.7. The van der Waals surface area contributed by atoms with Gasteiger partial charge in [-0.05, 0) is 41.2 Å². The van der Waals surface area contributed by atoms with E-state index < -0.39 is 22.8 Å². The number of aliphatic imine (C=N–C) groups is 2. The maximum Gasteiger partial charge on any atom is 0.388 e. The molecule has 5 aliphatic rings. The van der Waals surface area contributed by atoms with Gasteiger partial charge in [0.1, 0.15) is 19.3 Å². The molecule has 10 nitrogen and oxygen atoms in total. The molecule has 0 aromatic heterocycles. The van der Waals surface area contributed by atoms with Gasteiger partial charge in [-0.1, -0.05) is 0 Å². The summed E-state index contributed by atoms with van der Waals surface area (Å²) in [7, 11) is -0.698. The van der Waals surface area contributed by atoms with Crippen LogP contribution in [0.15, 0.2) is 54.1 Å². The second-order valence-electron chi connectivity index (χ2n) is 10.3. The van der Waals surface area contributed by atoms with Gasteiger partial charge in [-0.15, -0.1) is 0 Å². The third kappa shape index (κ3) is 4.38. The van der Waals surface area contributed by atoms with Crippen LogP contribution in [0.5, 0.6) is 0 Å². The van der Waals surface area contributed by atoms with Gasteiger partial charge in [-0.25, -0.2) is 13.7 Å². The van der Waals surface area contributed by atoms with Crippen LogP contribution in [0.1, 0.15) is 18.9 Å². The molecule has 1 saturated heterocycles. The summed E-state index contributed by atoms with van der Waals surface area (Å²) in [5.41, 5.74) is 3.19. The first-order valence-electron chi connectivity index (χ1n) is 12.8. The van der Waals surface area contributed by atoms with E-state index in [0.717, 1.165) is 25.6 Å². The van der Waals surface area contributed by atoms with E-state index in [9.17, 15) is 22.7 Å². The lowest BCUT2D eigenvalue weighted by Gasteiger charge is -2.66. The lowest BCUT2D eigenvalue weighted by molar-refractivity contribution is -0.126. The van der Waals surface area contributed by atoms with Crippen LogP contribution in [0.4, 0.5) is 20.2 Å². The Hall–Kier alpha value is -3.42. The maximum absolute atomic E-state index is 13.6. The van der Waals surface area contributed by atoms with Gasteiger partial charge in [-0.2, -0.15) is 0 Å². The maximum atomic E-state index is 13.6. The van der Waals surface area contributed by atoms with Crippen molar-refractivity contribution in [3.05, 3.63) is 59.7 Å². The summed E-state index contributed by atoms with van der Waals surface area (Å²) in [5.74, 6) is -2.70. The van der Waals surface area contributed by atoms with Crippen molar-refractivity contribution in [2.45, 2.75) is 19.3 Å². The van der Waals surface area contributed by atoms with Crippen LogP contribution in [0.3, 0.4) is 0 Å². The highest BCUT2D eigenvalue weighted by atomic mass is 32.3. The smallest absolute Gasteiger partial charge is 0.388 e. The van der Waals surface area contributed by atoms with E-state index in [1.807, 2.05) is 19.1 Å². The topological polar surface area (TPSA) is 108 Å². The van der Waals surface area contributed by atoms with Crippen LogP contribution < -0.4 is 18.6 Å². The average molecular weight is 558 g/mol. The summed E-state index contributed by atoms with van der Waals surface area (Å²) >= 11 is 0. The minimum atomic E-state index is -3.93. The highest BCUT2D eigenvalue weighted by Crippen LogP contribution is 2.62. The van der Waals surface area contributed by atoms with Crippen LogP contribution >= 0.6 is 11.0 Å². The van der Waals surface area contributed by atoms with E-state index in [1.54, 1.807) is 47.4 Å². The molecule has 0 bridgehead atoms. The SMILES string of the molecule is CC1=CC=C(N2CCN(C(=O)C3=[N+]C=CN3C)CC2)[N+]=C1c1ccc2c(c1)N(C)S([O-])([O-])N2CC1CC1(F)F. The molecule has 2 fully saturated rings. The van der Waals surface area contributed by atoms with Crippen molar-refractivity contribution in [1.29, 1.82) is 0 Å². The van der Waals surface area contributed by atoms with Crippen molar-refractivity contribution >= 4 is 39.8 Å². The van der Waals surface area contributed by atoms with Crippen molar-refractivity contribution in [1.82, 2.24) is 24.7 Å². The lowest BCUT2D eigenvalue weighted by atomic mass is 10.00. The van der Waals surface area contributed by atoms with Crippen molar-refractivity contribution in [3.63, 3.8) is 0 Å². The fourth-order valence-corrected chi connectivity index (χ4v) is 6.69. The number of carbonyl (C=O) groups excluding carboxylic acids is 1. The fraction of sp³-hybridized carbons (Fsp3) is 0.423. The summed E-state index contributed by atoms with van der Waals surface area (Å²) in [5, 5.41) is 0. The van der Waals surface area contributed by atoms with Gasteiger partial charge in [0.25, 0.3) is 5.92 Å². The molecule has 1 unspecified atom stereocenters. The molecule has 206 valence electrons. The molecule has 39 heavy (non-hydrogen) atoms. The van der Waals surface area contributed by atoms with E-state index >= 15 is 0 Å². The number of allylic oxidation sites excluding steroid dienone is 3. The van der Waals surface area contributed by atoms with Gasteiger partial charge < -0.3 is 33.6 Å². The van der Waals surface area contributed by atoms with Crippen LogP contribution in [0, 0.1) is 5.92 Å². The highest BCUT2D eigenvalue weighted by molar-refractivity contribution is 8.26. The molecule has 0 spiro atoms. The summed E-state index contributed by atoms with van der Waals surface area (Å²) in [6, 6.07) is 5.21. The molecular weight excluding hydrogens is 528 g/mol. The summed E-state index contributed by atoms with van der Waals surface area (Å²) in [4.78, 5) is 27.5. The number of benzene rings is 1. The minimum absolute atomic E-state index is 0.101. The number of fused-ring (bicyclic) bond motifs is 1. The fourth-order valence-electron chi connectivity index (χ4n) is 5.23. The number of nitrogens with zero attached hydrogens (tertiary/aromatic N) is 7. The molecule has 6 rings (SSSR count). The monoisotopic (exact) mass is 557 g/mol. The number of carbonyl (C=O) groups is 1. The number of piperazine rings is 1. The highest BCUT2D eigenvalue weighted by Gasteiger charge is 2.58. The third-order valence-electron chi connectivity index (χ3n) is 7.81. The number of amides is 1. The Morgan fingerprint density at radius 2 is 1.85 bits per heavy atom. The van der Waals surface area contributed by atoms with Crippen molar-refractivity contribution in [2.75, 3.05) is 55.4 Å². The quantitative estimate of drug-likeness (QED) is 0.543. The zero-order valence-electron chi connectivity index (χ0n) is 21.9. The van der Waals surface area contributed by atoms with Crippen molar-refractivity contribution < 1.29 is 22.7 Å². The van der Waals surface area contributed by atoms with E-state index in [2.05, 4.69) is 9.89 Å². The molecule has 2 radical (unpaired) electrons. The van der Waals surface area contributed by atoms with Crippen LogP contribution in [0.2, 0.25) is 0 Å². The van der Waals surface area contributed by atoms with Gasteiger partial charge in [0, 0.05) is 43.1 Å². The Bertz CT molecular complexity index is 1380. The van der Waals surface area contributed by atoms with E-state index in [4.69, 9.17) is 4.99 Å². The van der Waals surface area contributed by atoms with Gasteiger partial charge in [0.15, 0.2) is 11.9 Å². The molecule has 1 aliphatic carbocycles. The molecular formula is C26H29F2N7O3S. The van der Waals surface area contributed by atoms with Gasteiger partial charge in [0.05, 0.1) is 31.5 Å². The van der Waals surface area contributed by atoms with E-state index in [-0.39, 0.29) is 18.9 Å². The normalized spacial score (nSPS) is 25.7. The Labute approximate surface area is 227 Å². The first-order chi connectivity index (χ1) is 18.5. The largest absolute Gasteiger partial charge is 0.766 e. The predicted octanol–water partition coefficient (Wildman–Crippen LogP) is 1.71. The number of halogens is 2. The standard InChI is InChI=1S/C26H31F2N7O3S/c1-17-4-7-22(33-10-12-34(13-11-33)25(36)24-29-8-9-31(24)2)30-23(17)18-5-6-20-21(14-18)32(3)39(37,38)35(20)16-19-15-26(19,27)28/h4-9,14,19,37-38H,10-13,15-16H2,1-3H3/q+2/p-2.